The van der Waals surface area contributed by atoms with E-state index in [2.05, 4.69) is 4.90 Å². The molecule has 0 heterocycles. The van der Waals surface area contributed by atoms with Crippen LogP contribution in [0.15, 0.2) is 48.5 Å². The summed E-state index contributed by atoms with van der Waals surface area (Å²) >= 11 is 0. The van der Waals surface area contributed by atoms with Crippen molar-refractivity contribution in [3.8, 4) is 5.75 Å². The summed E-state index contributed by atoms with van der Waals surface area (Å²) in [5.41, 5.74) is 8.06. The maximum absolute atomic E-state index is 12.8. The summed E-state index contributed by atoms with van der Waals surface area (Å²) in [6, 6.07) is 13.2. The van der Waals surface area contributed by atoms with E-state index in [-0.39, 0.29) is 17.6 Å². The smallest absolute Gasteiger partial charge is 0.123 e. The first kappa shape index (κ1) is 14.3. The maximum atomic E-state index is 12.8. The number of benzene rings is 2. The van der Waals surface area contributed by atoms with Crippen molar-refractivity contribution in [3.63, 3.8) is 0 Å². The van der Waals surface area contributed by atoms with Crippen LogP contribution in [0.2, 0.25) is 0 Å². The van der Waals surface area contributed by atoms with E-state index >= 15 is 0 Å². The van der Waals surface area contributed by atoms with Gasteiger partial charge in [0, 0.05) is 25.3 Å². The van der Waals surface area contributed by atoms with Gasteiger partial charge >= 0.3 is 0 Å². The number of hydrogen-bond donors (Lipinski definition) is 2. The van der Waals surface area contributed by atoms with Gasteiger partial charge in [-0.25, -0.2) is 4.39 Å². The highest BCUT2D eigenvalue weighted by Gasteiger charge is 2.08. The summed E-state index contributed by atoms with van der Waals surface area (Å²) in [6.07, 6.45) is 0.767. The largest absolute Gasteiger partial charge is 0.508 e. The topological polar surface area (TPSA) is 49.5 Å². The third-order valence-electron chi connectivity index (χ3n) is 3.36. The summed E-state index contributed by atoms with van der Waals surface area (Å²) in [5.74, 6) is 0.00678. The molecule has 0 radical (unpaired) electrons. The Balaban J connectivity index is 1.91. The molecule has 0 saturated carbocycles. The Morgan fingerprint density at radius 2 is 1.70 bits per heavy atom. The Bertz CT molecular complexity index is 488. The van der Waals surface area contributed by atoms with Crippen LogP contribution in [0.5, 0.6) is 5.75 Å². The Kier molecular flexibility index (Phi) is 4.58. The van der Waals surface area contributed by atoms with E-state index in [0.717, 1.165) is 24.2 Å². The maximum Gasteiger partial charge on any atom is 0.123 e. The predicted octanol–water partition coefficient (Wildman–Crippen LogP) is 3.06. The fraction of sp³-hybridized carbons (Fsp3) is 0.250. The van der Waals surface area contributed by atoms with E-state index in [9.17, 15) is 9.50 Å². The van der Waals surface area contributed by atoms with Gasteiger partial charge in [-0.05, 0) is 48.4 Å². The first-order valence-corrected chi connectivity index (χ1v) is 6.57. The number of nitrogens with two attached hydrogens (primary N) is 1. The van der Waals surface area contributed by atoms with E-state index in [1.165, 1.54) is 12.1 Å². The summed E-state index contributed by atoms with van der Waals surface area (Å²) in [7, 11) is 1.98. The van der Waals surface area contributed by atoms with Gasteiger partial charge in [-0.2, -0.15) is 0 Å². The highest BCUT2D eigenvalue weighted by atomic mass is 19.1. The number of nitrogens with zero attached hydrogens (tertiary/aromatic N) is 1. The normalized spacial score (nSPS) is 12.2. The van der Waals surface area contributed by atoms with Crippen LogP contribution < -0.4 is 10.6 Å². The second-order valence-electron chi connectivity index (χ2n) is 4.88. The zero-order valence-electron chi connectivity index (χ0n) is 11.5. The monoisotopic (exact) mass is 274 g/mol. The molecule has 0 spiro atoms. The van der Waals surface area contributed by atoms with Crippen LogP contribution >= 0.6 is 0 Å². The summed E-state index contributed by atoms with van der Waals surface area (Å²) in [4.78, 5) is 2.07. The van der Waals surface area contributed by atoms with Crippen molar-refractivity contribution in [2.75, 3.05) is 18.5 Å². The SMILES string of the molecule is CN(CCC(N)c1ccc(F)cc1)c1ccc(O)cc1. The van der Waals surface area contributed by atoms with Gasteiger partial charge in [-0.3, -0.25) is 0 Å². The van der Waals surface area contributed by atoms with Crippen LogP contribution in [0, 0.1) is 5.82 Å². The Morgan fingerprint density at radius 3 is 2.30 bits per heavy atom. The molecule has 3 nitrogen and oxygen atoms in total. The van der Waals surface area contributed by atoms with Crippen molar-refractivity contribution in [1.29, 1.82) is 0 Å². The molecule has 0 aromatic heterocycles. The van der Waals surface area contributed by atoms with E-state index in [0.29, 0.717) is 0 Å². The van der Waals surface area contributed by atoms with Crippen molar-refractivity contribution in [2.24, 2.45) is 5.73 Å². The molecule has 0 saturated heterocycles. The van der Waals surface area contributed by atoms with Gasteiger partial charge in [0.25, 0.3) is 0 Å². The molecular weight excluding hydrogens is 255 g/mol. The number of rotatable bonds is 5. The summed E-state index contributed by atoms with van der Waals surface area (Å²) < 4.78 is 12.8. The lowest BCUT2D eigenvalue weighted by Crippen LogP contribution is -2.23. The molecular formula is C16H19FN2O. The average molecular weight is 274 g/mol. The number of aromatic hydroxyl groups is 1. The molecule has 20 heavy (non-hydrogen) atoms. The van der Waals surface area contributed by atoms with Gasteiger partial charge in [0.15, 0.2) is 0 Å². The molecule has 3 N–H and O–H groups in total. The van der Waals surface area contributed by atoms with Gasteiger partial charge in [0.05, 0.1) is 0 Å². The molecule has 0 amide bonds. The number of phenols is 1. The lowest BCUT2D eigenvalue weighted by molar-refractivity contribution is 0.475. The number of halogens is 1. The predicted molar refractivity (Wildman–Crippen MR) is 79.3 cm³/mol. The fourth-order valence-electron chi connectivity index (χ4n) is 2.05. The molecule has 0 aliphatic carbocycles. The molecule has 1 unspecified atom stereocenters. The van der Waals surface area contributed by atoms with Gasteiger partial charge in [0.2, 0.25) is 0 Å². The van der Waals surface area contributed by atoms with Crippen LogP contribution in [0.1, 0.15) is 18.0 Å². The molecule has 4 heteroatoms. The third-order valence-corrected chi connectivity index (χ3v) is 3.36. The molecule has 2 aromatic carbocycles. The summed E-state index contributed by atoms with van der Waals surface area (Å²) in [6.45, 7) is 0.781. The van der Waals surface area contributed by atoms with Crippen molar-refractivity contribution in [2.45, 2.75) is 12.5 Å². The van der Waals surface area contributed by atoms with Crippen molar-refractivity contribution < 1.29 is 9.50 Å². The molecule has 0 aliphatic rings. The zero-order chi connectivity index (χ0) is 14.5. The number of anilines is 1. The van der Waals surface area contributed by atoms with E-state index in [1.807, 2.05) is 19.2 Å². The minimum absolute atomic E-state index is 0.116. The van der Waals surface area contributed by atoms with Crippen LogP contribution in [0.25, 0.3) is 0 Å². The number of hydrogen-bond acceptors (Lipinski definition) is 3. The highest BCUT2D eigenvalue weighted by molar-refractivity contribution is 5.48. The Labute approximate surface area is 118 Å². The highest BCUT2D eigenvalue weighted by Crippen LogP contribution is 2.20. The van der Waals surface area contributed by atoms with Gasteiger partial charge in [-0.15, -0.1) is 0 Å². The standard InChI is InChI=1S/C16H19FN2O/c1-19(14-6-8-15(20)9-7-14)11-10-16(18)12-2-4-13(17)5-3-12/h2-9,16,20H,10-11,18H2,1H3. The van der Waals surface area contributed by atoms with Crippen LogP contribution in [-0.4, -0.2) is 18.7 Å². The molecule has 0 fully saturated rings. The van der Waals surface area contributed by atoms with Gasteiger partial charge < -0.3 is 15.7 Å². The van der Waals surface area contributed by atoms with Crippen LogP contribution in [-0.2, 0) is 0 Å². The second-order valence-corrected chi connectivity index (χ2v) is 4.88. The quantitative estimate of drug-likeness (QED) is 0.881. The Hall–Kier alpha value is -2.07. The van der Waals surface area contributed by atoms with Crippen LogP contribution in [0.3, 0.4) is 0 Å². The minimum atomic E-state index is -0.248. The summed E-state index contributed by atoms with van der Waals surface area (Å²) in [5, 5.41) is 9.26. The van der Waals surface area contributed by atoms with E-state index < -0.39 is 0 Å². The minimum Gasteiger partial charge on any atom is -0.508 e. The fourth-order valence-corrected chi connectivity index (χ4v) is 2.05. The lowest BCUT2D eigenvalue weighted by atomic mass is 10.0. The average Bonchev–Trinajstić information content (AvgIpc) is 2.46. The molecule has 106 valence electrons. The van der Waals surface area contributed by atoms with Gasteiger partial charge in [0.1, 0.15) is 11.6 Å². The Morgan fingerprint density at radius 1 is 1.10 bits per heavy atom. The molecule has 2 rings (SSSR count). The first-order valence-electron chi connectivity index (χ1n) is 6.57. The van der Waals surface area contributed by atoms with E-state index in [4.69, 9.17) is 5.73 Å². The second kappa shape index (κ2) is 6.39. The van der Waals surface area contributed by atoms with E-state index in [1.54, 1.807) is 24.3 Å². The van der Waals surface area contributed by atoms with Crippen molar-refractivity contribution >= 4 is 5.69 Å². The van der Waals surface area contributed by atoms with Gasteiger partial charge in [-0.1, -0.05) is 12.1 Å². The van der Waals surface area contributed by atoms with Crippen LogP contribution in [0.4, 0.5) is 10.1 Å². The number of phenolic OH excluding ortho intramolecular Hbond substituents is 1. The first-order chi connectivity index (χ1) is 9.56. The zero-order valence-corrected chi connectivity index (χ0v) is 11.5. The molecule has 0 aliphatic heterocycles. The third kappa shape index (κ3) is 3.71. The van der Waals surface area contributed by atoms with Crippen molar-refractivity contribution in [1.82, 2.24) is 0 Å². The van der Waals surface area contributed by atoms with Crippen molar-refractivity contribution in [3.05, 3.63) is 59.9 Å². The molecule has 2 aromatic rings. The molecule has 1 atom stereocenters. The lowest BCUT2D eigenvalue weighted by Gasteiger charge is -2.21. The molecule has 0 bridgehead atoms.